The number of imidazole rings is 1. The van der Waals surface area contributed by atoms with Crippen molar-refractivity contribution in [3.8, 4) is 5.75 Å². The highest BCUT2D eigenvalue weighted by atomic mass is 32.2. The number of benzene rings is 1. The molecule has 3 rings (SSSR count). The van der Waals surface area contributed by atoms with E-state index in [1.54, 1.807) is 43.8 Å². The highest BCUT2D eigenvalue weighted by Gasteiger charge is 2.35. The zero-order valence-electron chi connectivity index (χ0n) is 15.7. The fraction of sp³-hybridized carbons (Fsp3) is 0.500. The first-order valence-corrected chi connectivity index (χ1v) is 10.5. The summed E-state index contributed by atoms with van der Waals surface area (Å²) >= 11 is 0. The number of nitrogens with one attached hydrogen (secondary N) is 1. The molecule has 1 aromatic carbocycles. The topological polar surface area (TPSA) is 87.8 Å². The highest BCUT2D eigenvalue weighted by molar-refractivity contribution is 7.89. The van der Waals surface area contributed by atoms with E-state index in [-0.39, 0.29) is 10.9 Å². The lowest BCUT2D eigenvalue weighted by Gasteiger charge is -2.39. The number of aromatic amines is 1. The summed E-state index contributed by atoms with van der Waals surface area (Å²) in [5, 5.41) is 0. The lowest BCUT2D eigenvalue weighted by atomic mass is 10.2. The first-order valence-electron chi connectivity index (χ1n) is 9.01. The van der Waals surface area contributed by atoms with Crippen molar-refractivity contribution in [3.05, 3.63) is 42.5 Å². The second-order valence-electron chi connectivity index (χ2n) is 6.29. The second-order valence-corrected chi connectivity index (χ2v) is 8.23. The van der Waals surface area contributed by atoms with Gasteiger partial charge in [-0.2, -0.15) is 4.31 Å². The van der Waals surface area contributed by atoms with E-state index in [0.29, 0.717) is 38.6 Å². The van der Waals surface area contributed by atoms with Crippen LogP contribution in [-0.4, -0.2) is 74.1 Å². The molecule has 0 radical (unpaired) electrons. The van der Waals surface area contributed by atoms with Crippen LogP contribution in [-0.2, 0) is 14.8 Å². The molecular weight excluding hydrogens is 368 g/mol. The third kappa shape index (κ3) is 4.49. The normalized spacial score (nSPS) is 19.3. The number of rotatable bonds is 8. The zero-order chi connectivity index (χ0) is 19.3. The molecule has 1 aliphatic rings. The van der Waals surface area contributed by atoms with E-state index in [1.165, 1.54) is 4.31 Å². The Morgan fingerprint density at radius 2 is 2.00 bits per heavy atom. The summed E-state index contributed by atoms with van der Waals surface area (Å²) < 4.78 is 38.1. The molecule has 148 valence electrons. The molecule has 1 N–H and O–H groups in total. The van der Waals surface area contributed by atoms with Crippen molar-refractivity contribution in [2.75, 3.05) is 46.5 Å². The lowest BCUT2D eigenvalue weighted by Crippen LogP contribution is -2.50. The van der Waals surface area contributed by atoms with Crippen molar-refractivity contribution in [1.82, 2.24) is 19.2 Å². The van der Waals surface area contributed by atoms with Gasteiger partial charge < -0.3 is 14.5 Å². The Kier molecular flexibility index (Phi) is 6.48. The van der Waals surface area contributed by atoms with Gasteiger partial charge in [0.2, 0.25) is 10.0 Å². The van der Waals surface area contributed by atoms with Crippen LogP contribution in [0.4, 0.5) is 0 Å². The molecule has 27 heavy (non-hydrogen) atoms. The minimum Gasteiger partial charge on any atom is -0.491 e. The maximum absolute atomic E-state index is 13.1. The van der Waals surface area contributed by atoms with Gasteiger partial charge in [0.15, 0.2) is 0 Å². The third-order valence-electron chi connectivity index (χ3n) is 4.71. The van der Waals surface area contributed by atoms with Crippen LogP contribution in [0.1, 0.15) is 18.8 Å². The fourth-order valence-electron chi connectivity index (χ4n) is 3.21. The predicted molar refractivity (Wildman–Crippen MR) is 101 cm³/mol. The van der Waals surface area contributed by atoms with Crippen LogP contribution in [0.3, 0.4) is 0 Å². The van der Waals surface area contributed by atoms with E-state index < -0.39 is 10.0 Å². The zero-order valence-corrected chi connectivity index (χ0v) is 16.5. The van der Waals surface area contributed by atoms with Gasteiger partial charge in [-0.05, 0) is 30.8 Å². The Labute approximate surface area is 160 Å². The quantitative estimate of drug-likeness (QED) is 0.683. The molecule has 9 heteroatoms. The Morgan fingerprint density at radius 3 is 2.63 bits per heavy atom. The summed E-state index contributed by atoms with van der Waals surface area (Å²) in [4.78, 5) is 9.94. The monoisotopic (exact) mass is 394 g/mol. The Balaban J connectivity index is 1.74. The molecule has 0 unspecified atom stereocenters. The highest BCUT2D eigenvalue weighted by Crippen LogP contribution is 2.27. The number of ether oxygens (including phenoxy) is 2. The van der Waals surface area contributed by atoms with Crippen molar-refractivity contribution >= 4 is 10.0 Å². The summed E-state index contributed by atoms with van der Waals surface area (Å²) in [7, 11) is -1.97. The number of hydrogen-bond donors (Lipinski definition) is 1. The largest absolute Gasteiger partial charge is 0.491 e. The second kappa shape index (κ2) is 8.83. The predicted octanol–water partition coefficient (Wildman–Crippen LogP) is 1.50. The summed E-state index contributed by atoms with van der Waals surface area (Å²) in [5.74, 6) is 1.41. The summed E-state index contributed by atoms with van der Waals surface area (Å²) in [6.07, 6.45) is 3.46. The number of H-pyrrole nitrogens is 1. The molecule has 2 heterocycles. The van der Waals surface area contributed by atoms with E-state index in [4.69, 9.17) is 9.47 Å². The van der Waals surface area contributed by atoms with Crippen molar-refractivity contribution in [1.29, 1.82) is 0 Å². The molecule has 1 aliphatic heterocycles. The maximum atomic E-state index is 13.1. The first kappa shape index (κ1) is 19.8. The average molecular weight is 394 g/mol. The number of hydrogen-bond acceptors (Lipinski definition) is 6. The van der Waals surface area contributed by atoms with Crippen molar-refractivity contribution in [2.24, 2.45) is 0 Å². The van der Waals surface area contributed by atoms with Gasteiger partial charge in [0, 0.05) is 39.1 Å². The summed E-state index contributed by atoms with van der Waals surface area (Å²) in [6.45, 7) is 5.31. The van der Waals surface area contributed by atoms with Gasteiger partial charge in [-0.1, -0.05) is 6.92 Å². The van der Waals surface area contributed by atoms with E-state index in [2.05, 4.69) is 21.8 Å². The van der Waals surface area contributed by atoms with E-state index in [1.807, 2.05) is 0 Å². The van der Waals surface area contributed by atoms with E-state index in [0.717, 1.165) is 12.4 Å². The van der Waals surface area contributed by atoms with Crippen LogP contribution in [0.5, 0.6) is 5.75 Å². The van der Waals surface area contributed by atoms with Gasteiger partial charge in [-0.15, -0.1) is 0 Å². The van der Waals surface area contributed by atoms with Crippen molar-refractivity contribution < 1.29 is 17.9 Å². The van der Waals surface area contributed by atoms with E-state index in [9.17, 15) is 8.42 Å². The number of methoxy groups -OCH3 is 1. The van der Waals surface area contributed by atoms with Crippen LogP contribution in [0.25, 0.3) is 0 Å². The average Bonchev–Trinajstić information content (AvgIpc) is 3.23. The Morgan fingerprint density at radius 1 is 1.22 bits per heavy atom. The molecule has 8 nitrogen and oxygen atoms in total. The molecule has 1 atom stereocenters. The minimum atomic E-state index is -3.57. The van der Waals surface area contributed by atoms with Crippen LogP contribution < -0.4 is 4.74 Å². The number of nitrogens with zero attached hydrogens (tertiary/aromatic N) is 3. The standard InChI is InChI=1S/C18H26N4O4S/c1-3-21-10-11-22(14-17(21)18-19-8-9-20-18)27(23,24)16-6-4-15(5-7-16)26-13-12-25-2/h4-9,17H,3,10-14H2,1-2H3,(H,19,20)/t17-/m1/s1. The number of aromatic nitrogens is 2. The molecule has 1 aromatic heterocycles. The molecule has 0 spiro atoms. The molecule has 0 saturated carbocycles. The lowest BCUT2D eigenvalue weighted by molar-refractivity contribution is 0.119. The van der Waals surface area contributed by atoms with Crippen LogP contribution in [0, 0.1) is 0 Å². The van der Waals surface area contributed by atoms with Gasteiger partial charge in [-0.3, -0.25) is 4.90 Å². The fourth-order valence-corrected chi connectivity index (χ4v) is 4.65. The molecule has 0 bridgehead atoms. The molecular formula is C18H26N4O4S. The minimum absolute atomic E-state index is 0.0785. The molecule has 0 aliphatic carbocycles. The summed E-state index contributed by atoms with van der Waals surface area (Å²) in [6, 6.07) is 6.45. The molecule has 1 fully saturated rings. The molecule has 2 aromatic rings. The molecule has 1 saturated heterocycles. The van der Waals surface area contributed by atoms with Crippen LogP contribution in [0.15, 0.2) is 41.6 Å². The number of piperazine rings is 1. The Hall–Kier alpha value is -1.94. The van der Waals surface area contributed by atoms with Gasteiger partial charge in [0.05, 0.1) is 17.5 Å². The maximum Gasteiger partial charge on any atom is 0.243 e. The third-order valence-corrected chi connectivity index (χ3v) is 6.59. The Bertz CT molecular complexity index is 808. The number of sulfonamides is 1. The van der Waals surface area contributed by atoms with Gasteiger partial charge >= 0.3 is 0 Å². The van der Waals surface area contributed by atoms with Gasteiger partial charge in [-0.25, -0.2) is 13.4 Å². The molecule has 0 amide bonds. The van der Waals surface area contributed by atoms with Crippen LogP contribution >= 0.6 is 0 Å². The SMILES string of the molecule is CCN1CCN(S(=O)(=O)c2ccc(OCCOC)cc2)C[C@@H]1c1ncc[nH]1. The van der Waals surface area contributed by atoms with Gasteiger partial charge in [0.25, 0.3) is 0 Å². The van der Waals surface area contributed by atoms with E-state index >= 15 is 0 Å². The number of likely N-dealkylation sites (N-methyl/N-ethyl adjacent to an activating group) is 1. The first-order chi connectivity index (χ1) is 13.1. The smallest absolute Gasteiger partial charge is 0.243 e. The van der Waals surface area contributed by atoms with Crippen LogP contribution in [0.2, 0.25) is 0 Å². The van der Waals surface area contributed by atoms with Crippen molar-refractivity contribution in [2.45, 2.75) is 17.9 Å². The van der Waals surface area contributed by atoms with Crippen molar-refractivity contribution in [3.63, 3.8) is 0 Å². The van der Waals surface area contributed by atoms with Gasteiger partial charge in [0.1, 0.15) is 18.2 Å². The summed E-state index contributed by atoms with van der Waals surface area (Å²) in [5.41, 5.74) is 0.